The van der Waals surface area contributed by atoms with Gasteiger partial charge < -0.3 is 10.2 Å². The summed E-state index contributed by atoms with van der Waals surface area (Å²) in [7, 11) is 4.24. The van der Waals surface area contributed by atoms with E-state index in [2.05, 4.69) is 45.1 Å². The fourth-order valence-electron chi connectivity index (χ4n) is 1.82. The lowest BCUT2D eigenvalue weighted by atomic mass is 10.0. The normalized spacial score (nSPS) is 22.8. The Kier molecular flexibility index (Phi) is 6.34. The summed E-state index contributed by atoms with van der Waals surface area (Å²) in [5.41, 5.74) is 0. The van der Waals surface area contributed by atoms with Crippen molar-refractivity contribution in [2.45, 2.75) is 45.7 Å². The number of amidine groups is 1. The van der Waals surface area contributed by atoms with Gasteiger partial charge >= 0.3 is 0 Å². The number of hydrogen-bond acceptors (Lipinski definition) is 4. The molecule has 3 nitrogen and oxygen atoms in total. The second-order valence-electron chi connectivity index (χ2n) is 5.52. The van der Waals surface area contributed by atoms with E-state index in [9.17, 15) is 0 Å². The van der Waals surface area contributed by atoms with Crippen LogP contribution in [0.25, 0.3) is 0 Å². The smallest absolute Gasteiger partial charge is 0.157 e. The van der Waals surface area contributed by atoms with Crippen molar-refractivity contribution in [3.63, 3.8) is 0 Å². The molecule has 0 aromatic rings. The molecule has 1 heterocycles. The number of nitrogens with one attached hydrogen (secondary N) is 1. The van der Waals surface area contributed by atoms with Gasteiger partial charge in [-0.25, -0.2) is 0 Å². The van der Waals surface area contributed by atoms with Gasteiger partial charge in [-0.3, -0.25) is 4.99 Å². The van der Waals surface area contributed by atoms with Crippen LogP contribution in [0, 0.1) is 5.92 Å². The van der Waals surface area contributed by atoms with Crippen molar-refractivity contribution in [1.82, 2.24) is 10.2 Å². The molecule has 0 fully saturated rings. The van der Waals surface area contributed by atoms with Gasteiger partial charge in [-0.05, 0) is 46.3 Å². The highest BCUT2D eigenvalue weighted by atomic mass is 32.2. The summed E-state index contributed by atoms with van der Waals surface area (Å²) in [6.45, 7) is 7.89. The molecule has 1 N–H and O–H groups in total. The van der Waals surface area contributed by atoms with Crippen molar-refractivity contribution in [3.05, 3.63) is 0 Å². The molecule has 1 aliphatic heterocycles. The predicted molar refractivity (Wildman–Crippen MR) is 78.9 cm³/mol. The molecule has 0 radical (unpaired) electrons. The molecule has 100 valence electrons. The van der Waals surface area contributed by atoms with E-state index in [0.29, 0.717) is 18.0 Å². The summed E-state index contributed by atoms with van der Waals surface area (Å²) in [5.74, 6) is 1.86. The van der Waals surface area contributed by atoms with E-state index in [1.165, 1.54) is 18.6 Å². The maximum Gasteiger partial charge on any atom is 0.157 e. The molecule has 4 heteroatoms. The molecule has 0 amide bonds. The van der Waals surface area contributed by atoms with E-state index in [1.807, 2.05) is 11.8 Å². The van der Waals surface area contributed by atoms with Crippen molar-refractivity contribution in [1.29, 1.82) is 0 Å². The highest BCUT2D eigenvalue weighted by molar-refractivity contribution is 8.13. The fourth-order valence-corrected chi connectivity index (χ4v) is 2.87. The minimum absolute atomic E-state index is 0.509. The van der Waals surface area contributed by atoms with Crippen molar-refractivity contribution in [2.24, 2.45) is 10.9 Å². The fraction of sp³-hybridized carbons (Fsp3) is 0.923. The van der Waals surface area contributed by atoms with Crippen molar-refractivity contribution < 1.29 is 0 Å². The van der Waals surface area contributed by atoms with Crippen LogP contribution in [0.1, 0.15) is 33.6 Å². The van der Waals surface area contributed by atoms with Crippen LogP contribution in [-0.2, 0) is 0 Å². The van der Waals surface area contributed by atoms with Crippen molar-refractivity contribution >= 4 is 16.9 Å². The average Bonchev–Trinajstić information content (AvgIpc) is 2.26. The second kappa shape index (κ2) is 7.27. The average molecular weight is 257 g/mol. The third-order valence-corrected chi connectivity index (χ3v) is 4.02. The van der Waals surface area contributed by atoms with Gasteiger partial charge in [-0.2, -0.15) is 0 Å². The van der Waals surface area contributed by atoms with Crippen LogP contribution in [0.2, 0.25) is 0 Å². The lowest BCUT2D eigenvalue weighted by Crippen LogP contribution is -2.36. The summed E-state index contributed by atoms with van der Waals surface area (Å²) in [6.07, 6.45) is 2.39. The lowest BCUT2D eigenvalue weighted by molar-refractivity contribution is 0.378. The Balaban J connectivity index is 2.39. The number of hydrogen-bond donors (Lipinski definition) is 1. The van der Waals surface area contributed by atoms with E-state index in [-0.39, 0.29) is 0 Å². The van der Waals surface area contributed by atoms with Gasteiger partial charge in [0.25, 0.3) is 0 Å². The van der Waals surface area contributed by atoms with Crippen LogP contribution in [0.3, 0.4) is 0 Å². The van der Waals surface area contributed by atoms with Gasteiger partial charge in [-0.15, -0.1) is 0 Å². The Morgan fingerprint density at radius 1 is 1.41 bits per heavy atom. The SMILES string of the molecule is CC(CCN(C)C)NC1=NC(C(C)C)CCS1. The van der Waals surface area contributed by atoms with Crippen LogP contribution in [0.4, 0.5) is 0 Å². The molecular formula is C13H27N3S. The van der Waals surface area contributed by atoms with E-state index in [4.69, 9.17) is 4.99 Å². The molecule has 1 aliphatic rings. The summed E-state index contributed by atoms with van der Waals surface area (Å²) in [5, 5.41) is 4.70. The van der Waals surface area contributed by atoms with E-state index in [0.717, 1.165) is 11.7 Å². The number of thioether (sulfide) groups is 1. The summed E-state index contributed by atoms with van der Waals surface area (Å²) in [6, 6.07) is 1.02. The molecule has 0 saturated heterocycles. The Bertz CT molecular complexity index is 251. The first-order valence-electron chi connectivity index (χ1n) is 6.61. The third kappa shape index (κ3) is 5.77. The number of rotatable bonds is 5. The lowest BCUT2D eigenvalue weighted by Gasteiger charge is -2.25. The summed E-state index contributed by atoms with van der Waals surface area (Å²) in [4.78, 5) is 7.03. The minimum atomic E-state index is 0.509. The molecule has 0 bridgehead atoms. The second-order valence-corrected chi connectivity index (χ2v) is 6.60. The molecule has 0 spiro atoms. The molecular weight excluding hydrogens is 230 g/mol. The molecule has 0 saturated carbocycles. The largest absolute Gasteiger partial charge is 0.362 e. The summed E-state index contributed by atoms with van der Waals surface area (Å²) < 4.78 is 0. The Morgan fingerprint density at radius 2 is 2.12 bits per heavy atom. The predicted octanol–water partition coefficient (Wildman–Crippen LogP) is 2.43. The molecule has 0 aliphatic carbocycles. The molecule has 1 rings (SSSR count). The van der Waals surface area contributed by atoms with Crippen molar-refractivity contribution in [3.8, 4) is 0 Å². The van der Waals surface area contributed by atoms with Crippen LogP contribution < -0.4 is 5.32 Å². The molecule has 2 atom stereocenters. The highest BCUT2D eigenvalue weighted by Crippen LogP contribution is 2.21. The zero-order chi connectivity index (χ0) is 12.8. The summed E-state index contributed by atoms with van der Waals surface area (Å²) >= 11 is 1.87. The van der Waals surface area contributed by atoms with E-state index in [1.54, 1.807) is 0 Å². The van der Waals surface area contributed by atoms with E-state index >= 15 is 0 Å². The maximum absolute atomic E-state index is 4.80. The molecule has 2 unspecified atom stereocenters. The Labute approximate surface area is 110 Å². The zero-order valence-corrected chi connectivity index (χ0v) is 12.7. The van der Waals surface area contributed by atoms with E-state index < -0.39 is 0 Å². The van der Waals surface area contributed by atoms with Crippen LogP contribution >= 0.6 is 11.8 Å². The van der Waals surface area contributed by atoms with Crippen LogP contribution in [-0.4, -0.2) is 48.5 Å². The molecule has 17 heavy (non-hydrogen) atoms. The highest BCUT2D eigenvalue weighted by Gasteiger charge is 2.19. The zero-order valence-electron chi connectivity index (χ0n) is 11.9. The maximum atomic E-state index is 4.80. The quantitative estimate of drug-likeness (QED) is 0.820. The first-order valence-corrected chi connectivity index (χ1v) is 7.59. The van der Waals surface area contributed by atoms with Gasteiger partial charge in [0.15, 0.2) is 5.17 Å². The Hall–Kier alpha value is -0.220. The molecule has 0 aromatic carbocycles. The van der Waals surface area contributed by atoms with Crippen LogP contribution in [0.5, 0.6) is 0 Å². The van der Waals surface area contributed by atoms with Gasteiger partial charge in [0.05, 0.1) is 6.04 Å². The monoisotopic (exact) mass is 257 g/mol. The van der Waals surface area contributed by atoms with Crippen molar-refractivity contribution in [2.75, 3.05) is 26.4 Å². The first-order chi connectivity index (χ1) is 7.99. The van der Waals surface area contributed by atoms with Gasteiger partial charge in [-0.1, -0.05) is 25.6 Å². The molecule has 0 aromatic heterocycles. The van der Waals surface area contributed by atoms with Gasteiger partial charge in [0.1, 0.15) is 0 Å². The minimum Gasteiger partial charge on any atom is -0.362 e. The van der Waals surface area contributed by atoms with Gasteiger partial charge in [0.2, 0.25) is 0 Å². The topological polar surface area (TPSA) is 27.6 Å². The standard InChI is InChI=1S/C13H27N3S/c1-10(2)12-7-9-17-13(15-12)14-11(3)6-8-16(4)5/h10-12H,6-9H2,1-5H3,(H,14,15). The third-order valence-electron chi connectivity index (χ3n) is 3.08. The van der Waals surface area contributed by atoms with Gasteiger partial charge in [0, 0.05) is 11.8 Å². The number of aliphatic imine (C=N–C) groups is 1. The Morgan fingerprint density at radius 3 is 2.71 bits per heavy atom. The number of nitrogens with zero attached hydrogens (tertiary/aromatic N) is 2. The first kappa shape index (κ1) is 14.8. The van der Waals surface area contributed by atoms with Crippen LogP contribution in [0.15, 0.2) is 4.99 Å².